The van der Waals surface area contributed by atoms with E-state index >= 15 is 0 Å². The van der Waals surface area contributed by atoms with Crippen molar-refractivity contribution in [3.8, 4) is 11.5 Å². The van der Waals surface area contributed by atoms with Gasteiger partial charge in [-0.25, -0.2) is 0 Å². The molecule has 0 saturated carbocycles. The number of ether oxygens (including phenoxy) is 2. The number of ketones is 1. The molecular formula is C20H31NO3. The molecule has 0 aliphatic carbocycles. The van der Waals surface area contributed by atoms with Gasteiger partial charge in [-0.3, -0.25) is 9.69 Å². The number of carbonyl (C=O) groups is 1. The average Bonchev–Trinajstić information content (AvgIpc) is 2.54. The smallest absolute Gasteiger partial charge is 0.146 e. The summed E-state index contributed by atoms with van der Waals surface area (Å²) < 4.78 is 11.3. The summed E-state index contributed by atoms with van der Waals surface area (Å²) in [5.74, 6) is 1.93. The molecule has 1 aliphatic rings. The van der Waals surface area contributed by atoms with E-state index in [9.17, 15) is 4.79 Å². The molecule has 0 unspecified atom stereocenters. The quantitative estimate of drug-likeness (QED) is 0.818. The van der Waals surface area contributed by atoms with Crippen molar-refractivity contribution in [2.24, 2.45) is 0 Å². The standard InChI is InChI=1S/C20H31NO3/c1-14(22)17-9-7-8-10-21(17)13-16-18(23-5)11-15(20(2,3)4)12-19(16)24-6/h11-12,17H,7-10,13H2,1-6H3/t17-/m0/s1. The molecule has 4 nitrogen and oxygen atoms in total. The minimum atomic E-state index is 0.00968. The van der Waals surface area contributed by atoms with E-state index in [0.29, 0.717) is 6.54 Å². The van der Waals surface area contributed by atoms with Crippen molar-refractivity contribution < 1.29 is 14.3 Å². The van der Waals surface area contributed by atoms with Crippen LogP contribution in [0.3, 0.4) is 0 Å². The molecule has 1 aliphatic heterocycles. The lowest BCUT2D eigenvalue weighted by Crippen LogP contribution is -2.43. The molecule has 1 saturated heterocycles. The van der Waals surface area contributed by atoms with Gasteiger partial charge in [0, 0.05) is 6.54 Å². The Morgan fingerprint density at radius 3 is 2.21 bits per heavy atom. The highest BCUT2D eigenvalue weighted by molar-refractivity contribution is 5.81. The Balaban J connectivity index is 2.39. The topological polar surface area (TPSA) is 38.8 Å². The van der Waals surface area contributed by atoms with Crippen LogP contribution >= 0.6 is 0 Å². The first-order valence-corrected chi connectivity index (χ1v) is 8.77. The molecule has 0 radical (unpaired) electrons. The first kappa shape index (κ1) is 18.8. The summed E-state index contributed by atoms with van der Waals surface area (Å²) in [5, 5.41) is 0. The number of methoxy groups -OCH3 is 2. The maximum absolute atomic E-state index is 12.0. The molecule has 0 N–H and O–H groups in total. The lowest BCUT2D eigenvalue weighted by molar-refractivity contribution is -0.123. The van der Waals surface area contributed by atoms with Gasteiger partial charge in [-0.15, -0.1) is 0 Å². The second kappa shape index (κ2) is 7.56. The van der Waals surface area contributed by atoms with Crippen molar-refractivity contribution in [3.63, 3.8) is 0 Å². The Hall–Kier alpha value is -1.55. The zero-order valence-electron chi connectivity index (χ0n) is 15.9. The van der Waals surface area contributed by atoms with E-state index in [1.807, 2.05) is 0 Å². The maximum Gasteiger partial charge on any atom is 0.146 e. The Labute approximate surface area is 146 Å². The van der Waals surface area contributed by atoms with E-state index in [1.165, 1.54) is 5.56 Å². The first-order valence-electron chi connectivity index (χ1n) is 8.77. The van der Waals surface area contributed by atoms with Gasteiger partial charge in [0.05, 0.1) is 25.8 Å². The highest BCUT2D eigenvalue weighted by atomic mass is 16.5. The van der Waals surface area contributed by atoms with Gasteiger partial charge in [0.25, 0.3) is 0 Å². The summed E-state index contributed by atoms with van der Waals surface area (Å²) in [5.41, 5.74) is 2.23. The molecule has 2 rings (SSSR count). The number of Topliss-reactive ketones (excluding diaryl/α,β-unsaturated/α-hetero) is 1. The van der Waals surface area contributed by atoms with Crippen molar-refractivity contribution in [1.29, 1.82) is 0 Å². The lowest BCUT2D eigenvalue weighted by Gasteiger charge is -2.35. The van der Waals surface area contributed by atoms with Crippen LogP contribution in [0, 0.1) is 0 Å². The molecule has 1 aromatic carbocycles. The van der Waals surface area contributed by atoms with E-state index in [-0.39, 0.29) is 17.2 Å². The number of piperidine rings is 1. The van der Waals surface area contributed by atoms with Gasteiger partial charge >= 0.3 is 0 Å². The molecule has 134 valence electrons. The minimum absolute atomic E-state index is 0.00968. The third-order valence-electron chi connectivity index (χ3n) is 4.92. The van der Waals surface area contributed by atoms with E-state index in [1.54, 1.807) is 21.1 Å². The van der Waals surface area contributed by atoms with Crippen molar-refractivity contribution in [3.05, 3.63) is 23.3 Å². The zero-order chi connectivity index (χ0) is 17.9. The fraction of sp³-hybridized carbons (Fsp3) is 0.650. The van der Waals surface area contributed by atoms with Gasteiger partial charge in [-0.1, -0.05) is 27.2 Å². The van der Waals surface area contributed by atoms with Gasteiger partial charge in [-0.05, 0) is 49.4 Å². The van der Waals surface area contributed by atoms with Crippen LogP contribution in [0.25, 0.3) is 0 Å². The maximum atomic E-state index is 12.0. The van der Waals surface area contributed by atoms with Gasteiger partial charge < -0.3 is 9.47 Å². The molecular weight excluding hydrogens is 302 g/mol. The summed E-state index contributed by atoms with van der Waals surface area (Å²) in [7, 11) is 3.40. The van der Waals surface area contributed by atoms with Gasteiger partial charge in [0.1, 0.15) is 17.3 Å². The summed E-state index contributed by atoms with van der Waals surface area (Å²) in [6.07, 6.45) is 3.20. The largest absolute Gasteiger partial charge is 0.496 e. The lowest BCUT2D eigenvalue weighted by atomic mass is 9.86. The third kappa shape index (κ3) is 4.10. The van der Waals surface area contributed by atoms with E-state index < -0.39 is 0 Å². The Bertz CT molecular complexity index is 564. The van der Waals surface area contributed by atoms with E-state index in [4.69, 9.17) is 9.47 Å². The SMILES string of the molecule is COc1cc(C(C)(C)C)cc(OC)c1CN1CCCC[C@H]1C(C)=O. The van der Waals surface area contributed by atoms with Crippen LogP contribution in [-0.4, -0.2) is 37.5 Å². The fourth-order valence-electron chi connectivity index (χ4n) is 3.42. The summed E-state index contributed by atoms with van der Waals surface area (Å²) in [6, 6.07) is 4.21. The molecule has 1 heterocycles. The average molecular weight is 333 g/mol. The van der Waals surface area contributed by atoms with Gasteiger partial charge in [-0.2, -0.15) is 0 Å². The van der Waals surface area contributed by atoms with Crippen LogP contribution in [0.4, 0.5) is 0 Å². The molecule has 0 aromatic heterocycles. The Morgan fingerprint density at radius 1 is 1.17 bits per heavy atom. The summed E-state index contributed by atoms with van der Waals surface area (Å²) >= 11 is 0. The summed E-state index contributed by atoms with van der Waals surface area (Å²) in [6.45, 7) is 9.85. The van der Waals surface area contributed by atoms with Crippen LogP contribution in [0.2, 0.25) is 0 Å². The van der Waals surface area contributed by atoms with Crippen molar-refractivity contribution in [1.82, 2.24) is 4.90 Å². The van der Waals surface area contributed by atoms with Gasteiger partial charge in [0.2, 0.25) is 0 Å². The molecule has 0 spiro atoms. The molecule has 1 fully saturated rings. The number of likely N-dealkylation sites (tertiary alicyclic amines) is 1. The first-order chi connectivity index (χ1) is 11.3. The van der Waals surface area contributed by atoms with Crippen molar-refractivity contribution in [2.75, 3.05) is 20.8 Å². The van der Waals surface area contributed by atoms with E-state index in [2.05, 4.69) is 37.8 Å². The normalized spacial score (nSPS) is 19.2. The van der Waals surface area contributed by atoms with Gasteiger partial charge in [0.15, 0.2) is 0 Å². The number of benzene rings is 1. The van der Waals surface area contributed by atoms with Crippen LogP contribution < -0.4 is 9.47 Å². The molecule has 4 heteroatoms. The summed E-state index contributed by atoms with van der Waals surface area (Å²) in [4.78, 5) is 14.3. The predicted molar refractivity (Wildman–Crippen MR) is 97.0 cm³/mol. The monoisotopic (exact) mass is 333 g/mol. The molecule has 1 atom stereocenters. The Kier molecular flexibility index (Phi) is 5.92. The number of hydrogen-bond donors (Lipinski definition) is 0. The second-order valence-electron chi connectivity index (χ2n) is 7.70. The second-order valence-corrected chi connectivity index (χ2v) is 7.70. The fourth-order valence-corrected chi connectivity index (χ4v) is 3.42. The van der Waals surface area contributed by atoms with Crippen molar-refractivity contribution in [2.45, 2.75) is 65.0 Å². The molecule has 0 amide bonds. The zero-order valence-corrected chi connectivity index (χ0v) is 15.9. The minimum Gasteiger partial charge on any atom is -0.496 e. The molecule has 1 aromatic rings. The number of carbonyl (C=O) groups excluding carboxylic acids is 1. The third-order valence-corrected chi connectivity index (χ3v) is 4.92. The van der Waals surface area contributed by atoms with Crippen molar-refractivity contribution >= 4 is 5.78 Å². The van der Waals surface area contributed by atoms with Crippen LogP contribution in [0.15, 0.2) is 12.1 Å². The highest BCUT2D eigenvalue weighted by Crippen LogP contribution is 2.37. The van der Waals surface area contributed by atoms with Crippen LogP contribution in [-0.2, 0) is 16.8 Å². The predicted octanol–water partition coefficient (Wildman–Crippen LogP) is 3.94. The Morgan fingerprint density at radius 2 is 1.75 bits per heavy atom. The molecule has 0 bridgehead atoms. The number of hydrogen-bond acceptors (Lipinski definition) is 4. The number of rotatable bonds is 5. The van der Waals surface area contributed by atoms with Crippen LogP contribution in [0.1, 0.15) is 58.1 Å². The van der Waals surface area contributed by atoms with Crippen LogP contribution in [0.5, 0.6) is 11.5 Å². The molecule has 24 heavy (non-hydrogen) atoms. The van der Waals surface area contributed by atoms with E-state index in [0.717, 1.165) is 42.9 Å². The number of nitrogens with zero attached hydrogens (tertiary/aromatic N) is 1. The highest BCUT2D eigenvalue weighted by Gasteiger charge is 2.28.